The van der Waals surface area contributed by atoms with E-state index in [0.29, 0.717) is 22.6 Å². The van der Waals surface area contributed by atoms with Crippen LogP contribution in [0.1, 0.15) is 54.0 Å². The molecule has 2 unspecified atom stereocenters. The third-order valence-corrected chi connectivity index (χ3v) is 6.11. The molecule has 2 atom stereocenters. The number of amides is 1. The Morgan fingerprint density at radius 3 is 2.09 bits per heavy atom. The second-order valence-corrected chi connectivity index (χ2v) is 9.46. The second kappa shape index (κ2) is 8.82. The molecule has 0 bridgehead atoms. The zero-order chi connectivity index (χ0) is 24.6. The van der Waals surface area contributed by atoms with E-state index >= 15 is 0 Å². The van der Waals surface area contributed by atoms with E-state index in [4.69, 9.17) is 4.74 Å². The minimum atomic E-state index is -1.20. The lowest BCUT2D eigenvalue weighted by Crippen LogP contribution is -2.31. The van der Waals surface area contributed by atoms with Gasteiger partial charge in [0.15, 0.2) is 11.6 Å². The number of benzene rings is 2. The third-order valence-electron chi connectivity index (χ3n) is 6.11. The van der Waals surface area contributed by atoms with Gasteiger partial charge in [0.2, 0.25) is 5.78 Å². The van der Waals surface area contributed by atoms with Gasteiger partial charge in [0.05, 0.1) is 18.8 Å². The largest absolute Gasteiger partial charge is 0.497 e. The fourth-order valence-corrected chi connectivity index (χ4v) is 4.16. The summed E-state index contributed by atoms with van der Waals surface area (Å²) in [6.45, 7) is 8.10. The molecule has 1 amide bonds. The van der Waals surface area contributed by atoms with E-state index in [1.807, 2.05) is 24.3 Å². The maximum Gasteiger partial charge on any atom is 0.297 e. The monoisotopic (exact) mass is 457 g/mol. The molecule has 0 aliphatic carbocycles. The summed E-state index contributed by atoms with van der Waals surface area (Å²) in [4.78, 5) is 41.3. The van der Waals surface area contributed by atoms with Crippen LogP contribution < -0.4 is 9.64 Å². The van der Waals surface area contributed by atoms with E-state index in [0.717, 1.165) is 5.56 Å². The summed E-state index contributed by atoms with van der Waals surface area (Å²) in [6.07, 6.45) is 0. The summed E-state index contributed by atoms with van der Waals surface area (Å²) >= 11 is 0. The molecule has 1 aliphatic rings. The molecule has 1 fully saturated rings. The van der Waals surface area contributed by atoms with E-state index in [9.17, 15) is 14.4 Å². The Balaban J connectivity index is 1.82. The summed E-state index contributed by atoms with van der Waals surface area (Å²) in [7, 11) is 1.54. The van der Waals surface area contributed by atoms with Gasteiger partial charge in [-0.25, -0.2) is 0 Å². The van der Waals surface area contributed by atoms with Crippen molar-refractivity contribution in [2.24, 2.45) is 5.92 Å². The second-order valence-electron chi connectivity index (χ2n) is 9.46. The zero-order valence-corrected chi connectivity index (χ0v) is 19.9. The lowest BCUT2D eigenvalue weighted by Gasteiger charge is -2.27. The molecule has 2 aromatic carbocycles. The number of hydrogen-bond donors (Lipinski definition) is 0. The first-order chi connectivity index (χ1) is 16.1. The number of aromatic nitrogens is 2. The van der Waals surface area contributed by atoms with Gasteiger partial charge in [-0.15, -0.1) is 5.10 Å². The molecule has 0 spiro atoms. The van der Waals surface area contributed by atoms with Crippen molar-refractivity contribution in [2.45, 2.75) is 39.2 Å². The van der Waals surface area contributed by atoms with Gasteiger partial charge in [0, 0.05) is 5.56 Å². The Hall–Kier alpha value is -3.87. The normalized spacial score (nSPS) is 18.3. The molecule has 7 nitrogen and oxygen atoms in total. The van der Waals surface area contributed by atoms with E-state index in [1.165, 1.54) is 12.0 Å². The Labute approximate surface area is 198 Å². The number of rotatable bonds is 5. The van der Waals surface area contributed by atoms with Crippen molar-refractivity contribution in [1.29, 1.82) is 0 Å². The Morgan fingerprint density at radius 2 is 1.56 bits per heavy atom. The van der Waals surface area contributed by atoms with Crippen LogP contribution in [-0.4, -0.2) is 34.8 Å². The van der Waals surface area contributed by atoms with Gasteiger partial charge in [-0.1, -0.05) is 45.0 Å². The first kappa shape index (κ1) is 23.3. The number of methoxy groups -OCH3 is 1. The summed E-state index contributed by atoms with van der Waals surface area (Å²) in [5.74, 6) is -2.32. The van der Waals surface area contributed by atoms with Crippen LogP contribution in [0.15, 0.2) is 60.7 Å². The highest BCUT2D eigenvalue weighted by atomic mass is 16.5. The van der Waals surface area contributed by atoms with Crippen LogP contribution in [0.2, 0.25) is 0 Å². The van der Waals surface area contributed by atoms with Gasteiger partial charge < -0.3 is 4.74 Å². The van der Waals surface area contributed by atoms with Crippen LogP contribution in [0, 0.1) is 12.8 Å². The SMILES string of the molecule is COc1ccc(C(=O)C2C(=O)C(=O)N(c3ccc(C)nn3)C2c2ccc(C(C)(C)C)cc2)cc1. The predicted octanol–water partition coefficient (Wildman–Crippen LogP) is 4.25. The van der Waals surface area contributed by atoms with Crippen molar-refractivity contribution in [3.63, 3.8) is 0 Å². The van der Waals surface area contributed by atoms with Crippen LogP contribution in [0.4, 0.5) is 5.82 Å². The number of ketones is 2. The number of aryl methyl sites for hydroxylation is 1. The summed E-state index contributed by atoms with van der Waals surface area (Å²) in [6, 6.07) is 16.7. The van der Waals surface area contributed by atoms with Crippen LogP contribution >= 0.6 is 0 Å². The Morgan fingerprint density at radius 1 is 0.912 bits per heavy atom. The molecule has 1 aromatic heterocycles. The Bertz CT molecular complexity index is 1230. The average molecular weight is 458 g/mol. The lowest BCUT2D eigenvalue weighted by molar-refractivity contribution is -0.135. The van der Waals surface area contributed by atoms with Gasteiger partial charge in [-0.05, 0) is 59.9 Å². The molecular weight excluding hydrogens is 430 g/mol. The molecule has 0 N–H and O–H groups in total. The molecule has 2 heterocycles. The minimum absolute atomic E-state index is 0.0692. The molecule has 34 heavy (non-hydrogen) atoms. The molecular formula is C27H27N3O4. The van der Waals surface area contributed by atoms with Gasteiger partial charge in [-0.2, -0.15) is 5.10 Å². The van der Waals surface area contributed by atoms with Crippen molar-refractivity contribution >= 4 is 23.3 Å². The molecule has 1 aliphatic heterocycles. The predicted molar refractivity (Wildman–Crippen MR) is 128 cm³/mol. The fraction of sp³-hybridized carbons (Fsp3) is 0.296. The first-order valence-electron chi connectivity index (χ1n) is 11.1. The van der Waals surface area contributed by atoms with Gasteiger partial charge in [0.1, 0.15) is 11.7 Å². The maximum atomic E-state index is 13.6. The van der Waals surface area contributed by atoms with Crippen molar-refractivity contribution in [3.8, 4) is 5.75 Å². The highest BCUT2D eigenvalue weighted by Crippen LogP contribution is 2.41. The smallest absolute Gasteiger partial charge is 0.297 e. The number of hydrogen-bond acceptors (Lipinski definition) is 6. The first-order valence-corrected chi connectivity index (χ1v) is 11.1. The van der Waals surface area contributed by atoms with Gasteiger partial charge in [0.25, 0.3) is 5.91 Å². The highest BCUT2D eigenvalue weighted by Gasteiger charge is 2.52. The van der Waals surface area contributed by atoms with Crippen molar-refractivity contribution < 1.29 is 19.1 Å². The summed E-state index contributed by atoms with van der Waals surface area (Å²) < 4.78 is 5.17. The van der Waals surface area contributed by atoms with Gasteiger partial charge >= 0.3 is 0 Å². The molecule has 0 saturated carbocycles. The molecule has 1 saturated heterocycles. The Kier molecular flexibility index (Phi) is 6.04. The third kappa shape index (κ3) is 4.21. The lowest BCUT2D eigenvalue weighted by atomic mass is 9.83. The van der Waals surface area contributed by atoms with E-state index in [1.54, 1.807) is 43.3 Å². The quantitative estimate of drug-likeness (QED) is 0.323. The van der Waals surface area contributed by atoms with E-state index < -0.39 is 29.4 Å². The number of ether oxygens (including phenoxy) is 1. The average Bonchev–Trinajstić information content (AvgIpc) is 3.09. The molecule has 3 aromatic rings. The number of carbonyl (C=O) groups excluding carboxylic acids is 3. The number of nitrogens with zero attached hydrogens (tertiary/aromatic N) is 3. The van der Waals surface area contributed by atoms with Crippen molar-refractivity contribution in [3.05, 3.63) is 83.0 Å². The van der Waals surface area contributed by atoms with Gasteiger partial charge in [-0.3, -0.25) is 19.3 Å². The maximum absolute atomic E-state index is 13.6. The molecule has 4 rings (SSSR count). The van der Waals surface area contributed by atoms with Crippen LogP contribution in [0.3, 0.4) is 0 Å². The zero-order valence-electron chi connectivity index (χ0n) is 19.9. The van der Waals surface area contributed by atoms with E-state index in [2.05, 4.69) is 31.0 Å². The fourth-order valence-electron chi connectivity index (χ4n) is 4.16. The van der Waals surface area contributed by atoms with Crippen LogP contribution in [0.25, 0.3) is 0 Å². The molecule has 174 valence electrons. The topological polar surface area (TPSA) is 89.5 Å². The summed E-state index contributed by atoms with van der Waals surface area (Å²) in [5.41, 5.74) is 2.73. The highest BCUT2D eigenvalue weighted by molar-refractivity contribution is 6.48. The molecule has 0 radical (unpaired) electrons. The van der Waals surface area contributed by atoms with Crippen LogP contribution in [-0.2, 0) is 15.0 Å². The minimum Gasteiger partial charge on any atom is -0.497 e. The van der Waals surface area contributed by atoms with E-state index in [-0.39, 0.29) is 11.2 Å². The summed E-state index contributed by atoms with van der Waals surface area (Å²) in [5, 5.41) is 8.19. The number of anilines is 1. The van der Waals surface area contributed by atoms with Crippen molar-refractivity contribution in [2.75, 3.05) is 12.0 Å². The van der Waals surface area contributed by atoms with Crippen molar-refractivity contribution in [1.82, 2.24) is 10.2 Å². The standard InChI is InChI=1S/C27H27N3O4/c1-16-6-15-21(29-28-16)30-23(17-7-11-19(12-8-17)27(2,3)4)22(25(32)26(30)33)24(31)18-9-13-20(34-5)14-10-18/h6-15,22-23H,1-5H3. The number of Topliss-reactive ketones (excluding diaryl/α,β-unsaturated/α-hetero) is 2. The van der Waals surface area contributed by atoms with Crippen LogP contribution in [0.5, 0.6) is 5.75 Å². The number of carbonyl (C=O) groups is 3. The molecule has 7 heteroatoms.